The summed E-state index contributed by atoms with van der Waals surface area (Å²) < 4.78 is 1.16. The summed E-state index contributed by atoms with van der Waals surface area (Å²) in [6.45, 7) is 0. The molecule has 22 heavy (non-hydrogen) atoms. The van der Waals surface area contributed by atoms with E-state index in [1.165, 1.54) is 17.7 Å². The molecule has 0 saturated carbocycles. The summed E-state index contributed by atoms with van der Waals surface area (Å²) in [6.07, 6.45) is 3.52. The van der Waals surface area contributed by atoms with Gasteiger partial charge < -0.3 is 10.6 Å². The van der Waals surface area contributed by atoms with Crippen molar-refractivity contribution in [2.24, 2.45) is 0 Å². The number of benzene rings is 1. The van der Waals surface area contributed by atoms with Crippen molar-refractivity contribution in [2.45, 2.75) is 46.5 Å². The van der Waals surface area contributed by atoms with E-state index in [4.69, 9.17) is 0 Å². The van der Waals surface area contributed by atoms with Crippen LogP contribution < -0.4 is 10.6 Å². The summed E-state index contributed by atoms with van der Waals surface area (Å²) in [5.74, 6) is 0.0734. The zero-order valence-electron chi connectivity index (χ0n) is 12.1. The molecule has 1 amide bonds. The van der Waals surface area contributed by atoms with Crippen LogP contribution in [0.15, 0.2) is 51.6 Å². The van der Waals surface area contributed by atoms with Crippen LogP contribution in [0.2, 0.25) is 0 Å². The van der Waals surface area contributed by atoms with Gasteiger partial charge >= 0.3 is 0 Å². The predicted octanol–water partition coefficient (Wildman–Crippen LogP) is 3.52. The van der Waals surface area contributed by atoms with E-state index in [2.05, 4.69) is 22.8 Å². The molecule has 3 heterocycles. The first-order chi connectivity index (χ1) is 10.8. The highest BCUT2D eigenvalue weighted by Gasteiger charge is 2.39. The first-order valence-electron chi connectivity index (χ1n) is 7.67. The minimum Gasteiger partial charge on any atom is -0.347 e. The van der Waals surface area contributed by atoms with Crippen molar-refractivity contribution in [3.63, 3.8) is 0 Å². The Balaban J connectivity index is 1.39. The second-order valence-electron chi connectivity index (χ2n) is 5.90. The minimum atomic E-state index is 0.0734. The molecule has 5 heteroatoms. The van der Waals surface area contributed by atoms with Gasteiger partial charge in [-0.1, -0.05) is 30.0 Å². The fraction of sp³-hybridized carbons (Fsp3) is 0.353. The lowest BCUT2D eigenvalue weighted by Gasteiger charge is -2.20. The van der Waals surface area contributed by atoms with Crippen molar-refractivity contribution in [3.05, 3.63) is 47.3 Å². The van der Waals surface area contributed by atoms with Crippen LogP contribution in [0.25, 0.3) is 0 Å². The molecule has 0 spiro atoms. The zero-order valence-corrected chi connectivity index (χ0v) is 13.8. The number of carbonyl (C=O) groups excluding carboxylic acids is 1. The molecular formula is C17H18N2OS2. The quantitative estimate of drug-likeness (QED) is 0.901. The van der Waals surface area contributed by atoms with Gasteiger partial charge in [-0.2, -0.15) is 0 Å². The van der Waals surface area contributed by atoms with Gasteiger partial charge in [0.1, 0.15) is 0 Å². The molecule has 2 aromatic rings. The SMILES string of the molecule is O=C(N[C@@H]1C[C@H]2CC[C@@H]1N2)c1ccc(Sc2ccccc2)s1. The number of carbonyl (C=O) groups is 1. The molecule has 3 atom stereocenters. The Hall–Kier alpha value is -1.30. The Morgan fingerprint density at radius 2 is 2.05 bits per heavy atom. The first kappa shape index (κ1) is 14.3. The van der Waals surface area contributed by atoms with Crippen LogP contribution in [-0.2, 0) is 0 Å². The monoisotopic (exact) mass is 330 g/mol. The summed E-state index contributed by atoms with van der Waals surface area (Å²) in [5.41, 5.74) is 0. The predicted molar refractivity (Wildman–Crippen MR) is 90.7 cm³/mol. The van der Waals surface area contributed by atoms with Gasteiger partial charge in [0.25, 0.3) is 5.91 Å². The number of rotatable bonds is 4. The van der Waals surface area contributed by atoms with Gasteiger partial charge in [0.2, 0.25) is 0 Å². The van der Waals surface area contributed by atoms with E-state index in [0.717, 1.165) is 15.5 Å². The zero-order chi connectivity index (χ0) is 14.9. The first-order valence-corrected chi connectivity index (χ1v) is 9.31. The molecule has 2 fully saturated rings. The maximum Gasteiger partial charge on any atom is 0.261 e. The third-order valence-corrected chi connectivity index (χ3v) is 6.61. The number of fused-ring (bicyclic) bond motifs is 2. The molecule has 3 nitrogen and oxygen atoms in total. The number of hydrogen-bond donors (Lipinski definition) is 2. The maximum atomic E-state index is 12.4. The number of hydrogen-bond acceptors (Lipinski definition) is 4. The maximum absolute atomic E-state index is 12.4. The number of thiophene rings is 1. The van der Waals surface area contributed by atoms with Gasteiger partial charge in [0.15, 0.2) is 0 Å². The molecule has 2 saturated heterocycles. The normalized spacial score (nSPS) is 26.3. The van der Waals surface area contributed by atoms with E-state index >= 15 is 0 Å². The molecule has 4 rings (SSSR count). The van der Waals surface area contributed by atoms with Gasteiger partial charge in [-0.3, -0.25) is 4.79 Å². The molecular weight excluding hydrogens is 312 g/mol. The molecule has 1 aromatic carbocycles. The van der Waals surface area contributed by atoms with Crippen molar-refractivity contribution in [1.82, 2.24) is 10.6 Å². The average Bonchev–Trinajstić information content (AvgIpc) is 3.24. The van der Waals surface area contributed by atoms with Crippen LogP contribution in [0.1, 0.15) is 28.9 Å². The van der Waals surface area contributed by atoms with Gasteiger partial charge in [0.05, 0.1) is 9.09 Å². The molecule has 2 aliphatic rings. The largest absolute Gasteiger partial charge is 0.347 e. The van der Waals surface area contributed by atoms with Gasteiger partial charge in [0, 0.05) is 23.0 Å². The Morgan fingerprint density at radius 1 is 1.18 bits per heavy atom. The summed E-state index contributed by atoms with van der Waals surface area (Å²) in [6, 6.07) is 15.6. The minimum absolute atomic E-state index is 0.0734. The van der Waals surface area contributed by atoms with E-state index < -0.39 is 0 Å². The molecule has 0 aliphatic carbocycles. The van der Waals surface area contributed by atoms with E-state index in [1.54, 1.807) is 23.1 Å². The van der Waals surface area contributed by atoms with Gasteiger partial charge in [-0.25, -0.2) is 0 Å². The van der Waals surface area contributed by atoms with E-state index in [0.29, 0.717) is 18.1 Å². The van der Waals surface area contributed by atoms with Crippen molar-refractivity contribution in [1.29, 1.82) is 0 Å². The van der Waals surface area contributed by atoms with Crippen LogP contribution in [-0.4, -0.2) is 24.0 Å². The standard InChI is InChI=1S/C17H18N2OS2/c20-17(19-14-10-11-6-7-13(14)18-11)15-8-9-16(22-15)21-12-4-2-1-3-5-12/h1-5,8-9,11,13-14,18H,6-7,10H2,(H,19,20)/t11-,13+,14-/m1/s1. The van der Waals surface area contributed by atoms with Gasteiger partial charge in [-0.15, -0.1) is 11.3 Å². The van der Waals surface area contributed by atoms with Gasteiger partial charge in [-0.05, 0) is 43.5 Å². The highest BCUT2D eigenvalue weighted by Crippen LogP contribution is 2.34. The lowest BCUT2D eigenvalue weighted by molar-refractivity contribution is 0.0935. The summed E-state index contributed by atoms with van der Waals surface area (Å²) in [7, 11) is 0. The molecule has 1 aromatic heterocycles. The van der Waals surface area contributed by atoms with Crippen LogP contribution in [0, 0.1) is 0 Å². The third-order valence-electron chi connectivity index (χ3n) is 4.38. The Bertz CT molecular complexity index is 670. The van der Waals surface area contributed by atoms with E-state index in [9.17, 15) is 4.79 Å². The number of nitrogens with one attached hydrogen (secondary N) is 2. The van der Waals surface area contributed by atoms with Crippen molar-refractivity contribution >= 4 is 29.0 Å². The Morgan fingerprint density at radius 3 is 2.77 bits per heavy atom. The van der Waals surface area contributed by atoms with Crippen molar-refractivity contribution < 1.29 is 4.79 Å². The summed E-state index contributed by atoms with van der Waals surface area (Å²) >= 11 is 3.28. The average molecular weight is 330 g/mol. The van der Waals surface area contributed by atoms with Crippen LogP contribution >= 0.6 is 23.1 Å². The van der Waals surface area contributed by atoms with E-state index in [-0.39, 0.29) is 5.91 Å². The lowest BCUT2D eigenvalue weighted by atomic mass is 9.95. The molecule has 2 aliphatic heterocycles. The number of amides is 1. The topological polar surface area (TPSA) is 41.1 Å². The second-order valence-corrected chi connectivity index (χ2v) is 8.35. The summed E-state index contributed by atoms with van der Waals surface area (Å²) in [4.78, 5) is 14.4. The second kappa shape index (κ2) is 6.07. The molecule has 2 bridgehead atoms. The Labute approximate surface area is 138 Å². The fourth-order valence-corrected chi connectivity index (χ4v) is 5.35. The van der Waals surface area contributed by atoms with Crippen LogP contribution in [0.3, 0.4) is 0 Å². The lowest BCUT2D eigenvalue weighted by Crippen LogP contribution is -2.42. The third kappa shape index (κ3) is 2.93. The summed E-state index contributed by atoms with van der Waals surface area (Å²) in [5, 5.41) is 6.76. The fourth-order valence-electron chi connectivity index (χ4n) is 3.32. The smallest absolute Gasteiger partial charge is 0.261 e. The highest BCUT2D eigenvalue weighted by atomic mass is 32.2. The molecule has 0 unspecified atom stereocenters. The van der Waals surface area contributed by atoms with Crippen molar-refractivity contribution in [2.75, 3.05) is 0 Å². The Kier molecular flexibility index (Phi) is 3.94. The molecule has 114 valence electrons. The van der Waals surface area contributed by atoms with E-state index in [1.807, 2.05) is 30.3 Å². The van der Waals surface area contributed by atoms with Crippen molar-refractivity contribution in [3.8, 4) is 0 Å². The van der Waals surface area contributed by atoms with Crippen LogP contribution in [0.4, 0.5) is 0 Å². The molecule has 2 N–H and O–H groups in total. The highest BCUT2D eigenvalue weighted by molar-refractivity contribution is 8.01. The van der Waals surface area contributed by atoms with Crippen LogP contribution in [0.5, 0.6) is 0 Å². The molecule has 0 radical (unpaired) electrons.